The van der Waals surface area contributed by atoms with Gasteiger partial charge in [0.25, 0.3) is 0 Å². The number of carbonyl (C=O) groups excluding carboxylic acids is 1. The molecule has 1 aromatic rings. The van der Waals surface area contributed by atoms with E-state index in [1.54, 1.807) is 6.92 Å². The number of amides is 1. The van der Waals surface area contributed by atoms with Gasteiger partial charge in [-0.2, -0.15) is 0 Å². The van der Waals surface area contributed by atoms with E-state index >= 15 is 0 Å². The summed E-state index contributed by atoms with van der Waals surface area (Å²) in [5.41, 5.74) is 1.49. The van der Waals surface area contributed by atoms with E-state index < -0.39 is 0 Å². The van der Waals surface area contributed by atoms with Gasteiger partial charge in [-0.25, -0.2) is 0 Å². The molecule has 0 aliphatic rings. The molecule has 0 saturated heterocycles. The van der Waals surface area contributed by atoms with E-state index in [1.807, 2.05) is 13.8 Å². The molecule has 1 atom stereocenters. The second-order valence-electron chi connectivity index (χ2n) is 4.97. The molecule has 1 unspecified atom stereocenters. The Bertz CT molecular complexity index is 399. The monoisotopic (exact) mass is 288 g/mol. The zero-order valence-corrected chi connectivity index (χ0v) is 12.3. The highest BCUT2D eigenvalue weighted by atomic mass is 35.5. The maximum Gasteiger partial charge on any atom is 0.229 e. The quantitative estimate of drug-likeness (QED) is 0.805. The van der Waals surface area contributed by atoms with Crippen LogP contribution in [-0.4, -0.2) is 28.8 Å². The minimum absolute atomic E-state index is 0.0624. The lowest BCUT2D eigenvalue weighted by Gasteiger charge is -2.14. The Labute approximate surface area is 118 Å². The number of carbonyl (C=O) groups is 1. The Morgan fingerprint density at radius 1 is 1.53 bits per heavy atom. The predicted octanol–water partition coefficient (Wildman–Crippen LogP) is 2.09. The molecule has 0 fully saturated rings. The van der Waals surface area contributed by atoms with Crippen LogP contribution in [-0.2, 0) is 11.2 Å². The van der Waals surface area contributed by atoms with Crippen molar-refractivity contribution in [1.82, 2.24) is 10.5 Å². The highest BCUT2D eigenvalue weighted by Gasteiger charge is 2.13. The van der Waals surface area contributed by atoms with Gasteiger partial charge in [0.15, 0.2) is 0 Å². The van der Waals surface area contributed by atoms with Crippen LogP contribution < -0.4 is 5.32 Å². The number of aliphatic hydroxyl groups is 1. The first-order chi connectivity index (χ1) is 8.91. The van der Waals surface area contributed by atoms with E-state index in [-0.39, 0.29) is 23.1 Å². The third-order valence-electron chi connectivity index (χ3n) is 3.07. The third-order valence-corrected chi connectivity index (χ3v) is 3.37. The Kier molecular flexibility index (Phi) is 6.31. The summed E-state index contributed by atoms with van der Waals surface area (Å²) >= 11 is 5.82. The number of hydrogen-bond donors (Lipinski definition) is 2. The molecule has 0 aromatic carbocycles. The van der Waals surface area contributed by atoms with Crippen LogP contribution in [0.25, 0.3) is 0 Å². The van der Waals surface area contributed by atoms with Crippen LogP contribution in [0.1, 0.15) is 37.9 Å². The summed E-state index contributed by atoms with van der Waals surface area (Å²) < 4.78 is 4.82. The highest BCUT2D eigenvalue weighted by Crippen LogP contribution is 2.20. The first kappa shape index (κ1) is 16.0. The van der Waals surface area contributed by atoms with Crippen molar-refractivity contribution in [1.29, 1.82) is 0 Å². The fraction of sp³-hybridized carbons (Fsp3) is 0.692. The van der Waals surface area contributed by atoms with Crippen LogP contribution in [0.2, 0.25) is 5.22 Å². The number of halogens is 1. The molecule has 5 nitrogen and oxygen atoms in total. The molecular weight excluding hydrogens is 268 g/mol. The Balaban J connectivity index is 2.25. The van der Waals surface area contributed by atoms with Crippen molar-refractivity contribution < 1.29 is 14.4 Å². The molecule has 6 heteroatoms. The summed E-state index contributed by atoms with van der Waals surface area (Å²) in [5, 5.41) is 16.4. The van der Waals surface area contributed by atoms with Crippen molar-refractivity contribution in [3.63, 3.8) is 0 Å². The van der Waals surface area contributed by atoms with Crippen molar-refractivity contribution in [2.24, 2.45) is 5.92 Å². The van der Waals surface area contributed by atoms with E-state index in [0.717, 1.165) is 5.56 Å². The molecule has 0 aliphatic carbocycles. The number of nitrogens with zero attached hydrogens (tertiary/aromatic N) is 1. The standard InChI is InChI=1S/C13H21ClN2O3/c1-8(2)11(17)6-7-15-12(18)5-4-10-9(3)16-19-13(10)14/h8,11,17H,4-7H2,1-3H3,(H,15,18). The lowest BCUT2D eigenvalue weighted by Crippen LogP contribution is -2.28. The molecule has 0 radical (unpaired) electrons. The van der Waals surface area contributed by atoms with Gasteiger partial charge in [0.05, 0.1) is 11.8 Å². The highest BCUT2D eigenvalue weighted by molar-refractivity contribution is 6.29. The third kappa shape index (κ3) is 5.20. The number of aryl methyl sites for hydroxylation is 1. The molecule has 19 heavy (non-hydrogen) atoms. The summed E-state index contributed by atoms with van der Waals surface area (Å²) in [6, 6.07) is 0. The van der Waals surface area contributed by atoms with Crippen LogP contribution in [0, 0.1) is 12.8 Å². The fourth-order valence-corrected chi connectivity index (χ4v) is 1.93. The van der Waals surface area contributed by atoms with E-state index in [0.29, 0.717) is 31.5 Å². The second-order valence-corrected chi connectivity index (χ2v) is 5.31. The zero-order chi connectivity index (χ0) is 14.4. The smallest absolute Gasteiger partial charge is 0.229 e. The lowest BCUT2D eigenvalue weighted by molar-refractivity contribution is -0.121. The molecule has 1 aromatic heterocycles. The van der Waals surface area contributed by atoms with Gasteiger partial charge in [-0.05, 0) is 37.3 Å². The van der Waals surface area contributed by atoms with Gasteiger partial charge in [0.2, 0.25) is 11.1 Å². The van der Waals surface area contributed by atoms with E-state index in [2.05, 4.69) is 10.5 Å². The van der Waals surface area contributed by atoms with Crippen molar-refractivity contribution in [2.75, 3.05) is 6.54 Å². The number of hydrogen-bond acceptors (Lipinski definition) is 4. The molecule has 1 heterocycles. The predicted molar refractivity (Wildman–Crippen MR) is 73.0 cm³/mol. The molecule has 0 spiro atoms. The Morgan fingerprint density at radius 3 is 2.74 bits per heavy atom. The van der Waals surface area contributed by atoms with Crippen molar-refractivity contribution in [3.05, 3.63) is 16.5 Å². The second kappa shape index (κ2) is 7.50. The van der Waals surface area contributed by atoms with Gasteiger partial charge in [0.1, 0.15) is 0 Å². The van der Waals surface area contributed by atoms with Gasteiger partial charge in [-0.1, -0.05) is 19.0 Å². The number of nitrogens with one attached hydrogen (secondary N) is 1. The average molecular weight is 289 g/mol. The molecule has 108 valence electrons. The van der Waals surface area contributed by atoms with Crippen LogP contribution in [0.3, 0.4) is 0 Å². The van der Waals surface area contributed by atoms with Gasteiger partial charge in [-0.3, -0.25) is 4.79 Å². The number of rotatable bonds is 7. The van der Waals surface area contributed by atoms with Crippen molar-refractivity contribution >= 4 is 17.5 Å². The fourth-order valence-electron chi connectivity index (χ4n) is 1.66. The van der Waals surface area contributed by atoms with Gasteiger partial charge >= 0.3 is 0 Å². The van der Waals surface area contributed by atoms with Gasteiger partial charge in [0, 0.05) is 18.5 Å². The van der Waals surface area contributed by atoms with Crippen molar-refractivity contribution in [2.45, 2.75) is 46.1 Å². The normalized spacial score (nSPS) is 12.7. The minimum atomic E-state index is -0.380. The van der Waals surface area contributed by atoms with Crippen LogP contribution in [0.4, 0.5) is 0 Å². The summed E-state index contributed by atoms with van der Waals surface area (Å²) in [6.07, 6.45) is 1.03. The molecule has 2 N–H and O–H groups in total. The minimum Gasteiger partial charge on any atom is -0.393 e. The number of aromatic nitrogens is 1. The summed E-state index contributed by atoms with van der Waals surface area (Å²) in [6.45, 7) is 6.17. The summed E-state index contributed by atoms with van der Waals surface area (Å²) in [4.78, 5) is 11.6. The molecular formula is C13H21ClN2O3. The summed E-state index contributed by atoms with van der Waals surface area (Å²) in [5.74, 6) is 0.142. The molecule has 0 bridgehead atoms. The van der Waals surface area contributed by atoms with Gasteiger partial charge in [-0.15, -0.1) is 0 Å². The lowest BCUT2D eigenvalue weighted by atomic mass is 10.0. The van der Waals surface area contributed by atoms with E-state index in [4.69, 9.17) is 16.1 Å². The van der Waals surface area contributed by atoms with Crippen LogP contribution in [0.15, 0.2) is 4.52 Å². The largest absolute Gasteiger partial charge is 0.393 e. The Hall–Kier alpha value is -1.07. The molecule has 0 saturated carbocycles. The topological polar surface area (TPSA) is 75.4 Å². The van der Waals surface area contributed by atoms with E-state index in [9.17, 15) is 9.90 Å². The first-order valence-corrected chi connectivity index (χ1v) is 6.85. The molecule has 0 aliphatic heterocycles. The maximum atomic E-state index is 11.6. The average Bonchev–Trinajstić information content (AvgIpc) is 2.66. The summed E-state index contributed by atoms with van der Waals surface area (Å²) in [7, 11) is 0. The zero-order valence-electron chi connectivity index (χ0n) is 11.6. The Morgan fingerprint density at radius 2 is 2.21 bits per heavy atom. The SMILES string of the molecule is Cc1noc(Cl)c1CCC(=O)NCCC(O)C(C)C. The van der Waals surface area contributed by atoms with Crippen LogP contribution in [0.5, 0.6) is 0 Å². The van der Waals surface area contributed by atoms with E-state index in [1.165, 1.54) is 0 Å². The number of aliphatic hydroxyl groups excluding tert-OH is 1. The van der Waals surface area contributed by atoms with Crippen LogP contribution >= 0.6 is 11.6 Å². The first-order valence-electron chi connectivity index (χ1n) is 6.47. The van der Waals surface area contributed by atoms with Crippen molar-refractivity contribution in [3.8, 4) is 0 Å². The molecule has 1 rings (SSSR count). The maximum absolute atomic E-state index is 11.6. The molecule has 1 amide bonds. The van der Waals surface area contributed by atoms with Gasteiger partial charge < -0.3 is 14.9 Å².